The number of hydrogen-bond acceptors (Lipinski definition) is 5. The maximum atomic E-state index is 12.8. The number of halogens is 3. The van der Waals surface area contributed by atoms with Crippen molar-refractivity contribution < 1.29 is 18.0 Å². The Kier molecular flexibility index (Phi) is 4.46. The Morgan fingerprint density at radius 1 is 1.25 bits per heavy atom. The van der Waals surface area contributed by atoms with Gasteiger partial charge in [0.2, 0.25) is 5.95 Å². The SMILES string of the molecule is O=C(c1cccnc1)C1CCCN(c2nccc(C(F)(F)F)n2)C1. The van der Waals surface area contributed by atoms with Crippen molar-refractivity contribution in [2.75, 3.05) is 18.0 Å². The first-order valence-electron chi connectivity index (χ1n) is 7.54. The molecule has 2 aromatic rings. The monoisotopic (exact) mass is 336 g/mol. The predicted octanol–water partition coefficient (Wildman–Crippen LogP) is 2.99. The summed E-state index contributed by atoms with van der Waals surface area (Å²) in [6.45, 7) is 0.827. The van der Waals surface area contributed by atoms with E-state index in [-0.39, 0.29) is 17.6 Å². The van der Waals surface area contributed by atoms with Crippen molar-refractivity contribution in [1.29, 1.82) is 0 Å². The van der Waals surface area contributed by atoms with Crippen LogP contribution in [0, 0.1) is 5.92 Å². The highest BCUT2D eigenvalue weighted by molar-refractivity contribution is 5.98. The number of carbonyl (C=O) groups is 1. The van der Waals surface area contributed by atoms with Crippen LogP contribution in [0.1, 0.15) is 28.9 Å². The van der Waals surface area contributed by atoms with E-state index in [1.165, 1.54) is 6.20 Å². The van der Waals surface area contributed by atoms with Crippen LogP contribution in [0.15, 0.2) is 36.8 Å². The van der Waals surface area contributed by atoms with Gasteiger partial charge in [-0.15, -0.1) is 0 Å². The standard InChI is InChI=1S/C16H15F3N4O/c17-16(18,19)13-5-7-21-15(22-13)23-8-2-4-12(10-23)14(24)11-3-1-6-20-9-11/h1,3,5-7,9,12H,2,4,8,10H2. The van der Waals surface area contributed by atoms with Gasteiger partial charge >= 0.3 is 6.18 Å². The van der Waals surface area contributed by atoms with E-state index in [1.54, 1.807) is 23.2 Å². The van der Waals surface area contributed by atoms with Gasteiger partial charge in [0.05, 0.1) is 0 Å². The van der Waals surface area contributed by atoms with Crippen LogP contribution in [-0.4, -0.2) is 33.8 Å². The van der Waals surface area contributed by atoms with Gasteiger partial charge < -0.3 is 4.90 Å². The highest BCUT2D eigenvalue weighted by Gasteiger charge is 2.34. The van der Waals surface area contributed by atoms with Crippen molar-refractivity contribution in [1.82, 2.24) is 15.0 Å². The number of hydrogen-bond donors (Lipinski definition) is 0. The van der Waals surface area contributed by atoms with Gasteiger partial charge in [-0.05, 0) is 31.0 Å². The summed E-state index contributed by atoms with van der Waals surface area (Å²) in [6, 6.07) is 4.21. The van der Waals surface area contributed by atoms with Gasteiger partial charge in [-0.2, -0.15) is 13.2 Å². The molecule has 1 aliphatic heterocycles. The highest BCUT2D eigenvalue weighted by atomic mass is 19.4. The first kappa shape index (κ1) is 16.4. The summed E-state index contributed by atoms with van der Waals surface area (Å²) in [7, 11) is 0. The fourth-order valence-corrected chi connectivity index (χ4v) is 2.78. The third-order valence-electron chi connectivity index (χ3n) is 3.95. The minimum Gasteiger partial charge on any atom is -0.340 e. The number of piperidine rings is 1. The lowest BCUT2D eigenvalue weighted by Crippen LogP contribution is -2.40. The number of pyridine rings is 1. The van der Waals surface area contributed by atoms with Gasteiger partial charge in [-0.1, -0.05) is 0 Å². The zero-order chi connectivity index (χ0) is 17.2. The van der Waals surface area contributed by atoms with Gasteiger partial charge in [-0.25, -0.2) is 9.97 Å². The Morgan fingerprint density at radius 3 is 2.79 bits per heavy atom. The summed E-state index contributed by atoms with van der Waals surface area (Å²) in [5.74, 6) is -0.352. The summed E-state index contributed by atoms with van der Waals surface area (Å²) < 4.78 is 38.4. The van der Waals surface area contributed by atoms with E-state index in [4.69, 9.17) is 0 Å². The van der Waals surface area contributed by atoms with Crippen LogP contribution in [0.3, 0.4) is 0 Å². The Labute approximate surface area is 136 Å². The third-order valence-corrected chi connectivity index (χ3v) is 3.95. The predicted molar refractivity (Wildman–Crippen MR) is 80.5 cm³/mol. The van der Waals surface area contributed by atoms with Gasteiger partial charge in [0.25, 0.3) is 0 Å². The molecular formula is C16H15F3N4O. The van der Waals surface area contributed by atoms with Crippen LogP contribution in [0.2, 0.25) is 0 Å². The number of ketones is 1. The molecule has 1 fully saturated rings. The molecule has 3 heterocycles. The molecule has 0 amide bonds. The van der Waals surface area contributed by atoms with Crippen molar-refractivity contribution in [2.45, 2.75) is 19.0 Å². The van der Waals surface area contributed by atoms with E-state index in [0.29, 0.717) is 31.5 Å². The molecular weight excluding hydrogens is 321 g/mol. The van der Waals surface area contributed by atoms with Crippen molar-refractivity contribution in [3.63, 3.8) is 0 Å². The van der Waals surface area contributed by atoms with E-state index in [0.717, 1.165) is 12.3 Å². The number of anilines is 1. The van der Waals surface area contributed by atoms with Gasteiger partial charge in [0, 0.05) is 43.2 Å². The van der Waals surface area contributed by atoms with Gasteiger partial charge in [0.1, 0.15) is 5.69 Å². The molecule has 0 aliphatic carbocycles. The van der Waals surface area contributed by atoms with E-state index in [9.17, 15) is 18.0 Å². The molecule has 0 aromatic carbocycles. The lowest BCUT2D eigenvalue weighted by Gasteiger charge is -2.32. The number of nitrogens with zero attached hydrogens (tertiary/aromatic N) is 4. The molecule has 0 spiro atoms. The number of rotatable bonds is 3. The summed E-state index contributed by atoms with van der Waals surface area (Å²) in [6.07, 6.45) is 1.04. The lowest BCUT2D eigenvalue weighted by molar-refractivity contribution is -0.141. The summed E-state index contributed by atoms with van der Waals surface area (Å²) in [5.41, 5.74) is -0.470. The largest absolute Gasteiger partial charge is 0.433 e. The van der Waals surface area contributed by atoms with Crippen molar-refractivity contribution in [3.05, 3.63) is 48.0 Å². The number of aromatic nitrogens is 3. The highest BCUT2D eigenvalue weighted by Crippen LogP contribution is 2.29. The molecule has 126 valence electrons. The molecule has 1 unspecified atom stereocenters. The molecule has 0 bridgehead atoms. The second-order valence-corrected chi connectivity index (χ2v) is 5.63. The fourth-order valence-electron chi connectivity index (χ4n) is 2.78. The van der Waals surface area contributed by atoms with E-state index in [1.807, 2.05) is 0 Å². The average molecular weight is 336 g/mol. The Bertz CT molecular complexity index is 721. The number of carbonyl (C=O) groups excluding carboxylic acids is 1. The minimum absolute atomic E-state index is 0.00788. The average Bonchev–Trinajstić information content (AvgIpc) is 2.61. The van der Waals surface area contributed by atoms with E-state index >= 15 is 0 Å². The van der Waals surface area contributed by atoms with Gasteiger partial charge in [-0.3, -0.25) is 9.78 Å². The van der Waals surface area contributed by atoms with Crippen LogP contribution in [0.5, 0.6) is 0 Å². The van der Waals surface area contributed by atoms with Crippen LogP contribution in [0.4, 0.5) is 19.1 Å². The zero-order valence-electron chi connectivity index (χ0n) is 12.7. The minimum atomic E-state index is -4.52. The molecule has 0 radical (unpaired) electrons. The summed E-state index contributed by atoms with van der Waals surface area (Å²) in [5, 5.41) is 0. The number of Topliss-reactive ketones (excluding diaryl/α,β-unsaturated/α-hetero) is 1. The Morgan fingerprint density at radius 2 is 2.08 bits per heavy atom. The topological polar surface area (TPSA) is 59.0 Å². The Hall–Kier alpha value is -2.51. The molecule has 3 rings (SSSR count). The van der Waals surface area contributed by atoms with Crippen LogP contribution in [0.25, 0.3) is 0 Å². The lowest BCUT2D eigenvalue weighted by atomic mass is 9.91. The molecule has 0 N–H and O–H groups in total. The van der Waals surface area contributed by atoms with Crippen molar-refractivity contribution >= 4 is 11.7 Å². The normalized spacial score (nSPS) is 18.5. The first-order valence-corrected chi connectivity index (χ1v) is 7.54. The molecule has 0 saturated carbocycles. The quantitative estimate of drug-likeness (QED) is 0.807. The molecule has 5 nitrogen and oxygen atoms in total. The Balaban J connectivity index is 1.78. The smallest absolute Gasteiger partial charge is 0.340 e. The first-order chi connectivity index (χ1) is 11.4. The van der Waals surface area contributed by atoms with Crippen LogP contribution < -0.4 is 4.90 Å². The molecule has 8 heteroatoms. The molecule has 1 aliphatic rings. The van der Waals surface area contributed by atoms with Crippen molar-refractivity contribution in [3.8, 4) is 0 Å². The molecule has 1 atom stereocenters. The second kappa shape index (κ2) is 6.54. The fraction of sp³-hybridized carbons (Fsp3) is 0.375. The molecule has 2 aromatic heterocycles. The van der Waals surface area contributed by atoms with Gasteiger partial charge in [0.15, 0.2) is 5.78 Å². The van der Waals surface area contributed by atoms with E-state index in [2.05, 4.69) is 15.0 Å². The maximum absolute atomic E-state index is 12.8. The van der Waals surface area contributed by atoms with E-state index < -0.39 is 11.9 Å². The molecule has 24 heavy (non-hydrogen) atoms. The third kappa shape index (κ3) is 3.52. The van der Waals surface area contributed by atoms with Crippen LogP contribution in [-0.2, 0) is 6.18 Å². The summed E-state index contributed by atoms with van der Waals surface area (Å²) in [4.78, 5) is 25.6. The van der Waals surface area contributed by atoms with Crippen molar-refractivity contribution in [2.24, 2.45) is 5.92 Å². The zero-order valence-corrected chi connectivity index (χ0v) is 12.7. The summed E-state index contributed by atoms with van der Waals surface area (Å²) >= 11 is 0. The van der Waals surface area contributed by atoms with Crippen LogP contribution >= 0.6 is 0 Å². The maximum Gasteiger partial charge on any atom is 0.433 e. The number of alkyl halides is 3. The second-order valence-electron chi connectivity index (χ2n) is 5.63. The molecule has 1 saturated heterocycles.